The molecule has 1 fully saturated rings. The van der Waals surface area contributed by atoms with Gasteiger partial charge >= 0.3 is 6.18 Å². The molecule has 2 nitrogen and oxygen atoms in total. The van der Waals surface area contributed by atoms with Crippen molar-refractivity contribution in [3.63, 3.8) is 0 Å². The summed E-state index contributed by atoms with van der Waals surface area (Å²) in [5, 5.41) is 0.218. The van der Waals surface area contributed by atoms with Gasteiger partial charge in [0.25, 0.3) is 5.78 Å². The van der Waals surface area contributed by atoms with Crippen LogP contribution in [0.1, 0.15) is 58.5 Å². The Hall–Kier alpha value is -3.59. The Morgan fingerprint density at radius 1 is 0.902 bits per heavy atom. The Morgan fingerprint density at radius 2 is 1.51 bits per heavy atom. The fraction of sp³-hybridized carbons (Fsp3) is 0.281. The Balaban J connectivity index is 1.49. The highest BCUT2D eigenvalue weighted by molar-refractivity contribution is 7.20. The van der Waals surface area contributed by atoms with Gasteiger partial charge in [0.15, 0.2) is 0 Å². The van der Waals surface area contributed by atoms with Crippen LogP contribution in [0.5, 0.6) is 0 Å². The van der Waals surface area contributed by atoms with Crippen molar-refractivity contribution >= 4 is 32.9 Å². The molecule has 0 N–H and O–H groups in total. The van der Waals surface area contributed by atoms with Gasteiger partial charge in [-0.05, 0) is 60.7 Å². The van der Waals surface area contributed by atoms with Crippen LogP contribution in [0, 0.1) is 24.4 Å². The van der Waals surface area contributed by atoms with Crippen LogP contribution in [0.25, 0.3) is 26.9 Å². The maximum atomic E-state index is 15.2. The van der Waals surface area contributed by atoms with E-state index in [1.165, 1.54) is 24.3 Å². The number of hydrogen-bond acceptors (Lipinski definition) is 3. The predicted octanol–water partition coefficient (Wildman–Crippen LogP) is 9.84. The molecule has 1 aromatic heterocycles. The molecule has 1 saturated carbocycles. The minimum absolute atomic E-state index is 0.0475. The summed E-state index contributed by atoms with van der Waals surface area (Å²) in [6.07, 6.45) is -0.168. The number of carbonyl (C=O) groups is 1. The van der Waals surface area contributed by atoms with Crippen LogP contribution in [0.4, 0.5) is 26.3 Å². The lowest BCUT2D eigenvalue weighted by molar-refractivity contribution is -0.0885. The number of Topliss-reactive ketones (excluding diaryl/α,β-unsaturated/α-hetero) is 1. The highest BCUT2D eigenvalue weighted by Gasteiger charge is 2.39. The number of thiophene rings is 1. The molecule has 0 unspecified atom stereocenters. The average Bonchev–Trinajstić information content (AvgIpc) is 3.32. The number of nitrogens with zero attached hydrogens (tertiary/aromatic N) is 1. The number of alkyl halides is 3. The van der Waals surface area contributed by atoms with Crippen LogP contribution in [0.3, 0.4) is 0 Å². The van der Waals surface area contributed by atoms with Crippen molar-refractivity contribution in [3.8, 4) is 11.1 Å². The molecule has 0 radical (unpaired) electrons. The van der Waals surface area contributed by atoms with E-state index in [2.05, 4.69) is 6.58 Å². The molecule has 1 aliphatic rings. The zero-order valence-electron chi connectivity index (χ0n) is 22.3. The molecule has 3 aromatic carbocycles. The predicted molar refractivity (Wildman–Crippen MR) is 150 cm³/mol. The second kappa shape index (κ2) is 11.4. The third-order valence-electron chi connectivity index (χ3n) is 7.73. The first kappa shape index (κ1) is 28.9. The minimum Gasteiger partial charge on any atom is -0.363 e. The van der Waals surface area contributed by atoms with Gasteiger partial charge in [-0.3, -0.25) is 4.79 Å². The summed E-state index contributed by atoms with van der Waals surface area (Å²) in [6.45, 7) is 6.19. The van der Waals surface area contributed by atoms with Gasteiger partial charge < -0.3 is 4.90 Å². The average molecular weight is 588 g/mol. The van der Waals surface area contributed by atoms with E-state index in [9.17, 15) is 26.7 Å². The lowest BCUT2D eigenvalue weighted by atomic mass is 9.92. The number of benzene rings is 3. The van der Waals surface area contributed by atoms with Gasteiger partial charge in [-0.1, -0.05) is 56.2 Å². The van der Waals surface area contributed by atoms with Crippen molar-refractivity contribution in [2.75, 3.05) is 0 Å². The van der Waals surface area contributed by atoms with Gasteiger partial charge in [0.1, 0.15) is 17.5 Å². The lowest BCUT2D eigenvalue weighted by Crippen LogP contribution is -2.35. The van der Waals surface area contributed by atoms with E-state index < -0.39 is 35.0 Å². The van der Waals surface area contributed by atoms with E-state index in [1.807, 2.05) is 4.90 Å². The normalized spacial score (nSPS) is 14.4. The largest absolute Gasteiger partial charge is 0.454 e. The number of carbonyl (C=O) groups excluding carboxylic acids is 1. The van der Waals surface area contributed by atoms with E-state index in [1.54, 1.807) is 13.0 Å². The molecule has 5 rings (SSSR count). The maximum absolute atomic E-state index is 15.2. The molecular formula is C32H27F6NOS. The highest BCUT2D eigenvalue weighted by atomic mass is 32.1. The van der Waals surface area contributed by atoms with Crippen molar-refractivity contribution in [1.29, 1.82) is 0 Å². The number of ketones is 1. The summed E-state index contributed by atoms with van der Waals surface area (Å²) >= 11 is 1.13. The summed E-state index contributed by atoms with van der Waals surface area (Å²) in [7, 11) is 0. The van der Waals surface area contributed by atoms with Crippen molar-refractivity contribution in [2.45, 2.75) is 57.8 Å². The summed E-state index contributed by atoms with van der Waals surface area (Å²) < 4.78 is 83.1. The third-order valence-corrected chi connectivity index (χ3v) is 9.08. The highest BCUT2D eigenvalue weighted by Crippen LogP contribution is 2.41. The molecule has 9 heteroatoms. The van der Waals surface area contributed by atoms with Gasteiger partial charge in [0.05, 0.1) is 9.58 Å². The van der Waals surface area contributed by atoms with E-state index in [4.69, 9.17) is 0 Å². The molecule has 41 heavy (non-hydrogen) atoms. The fourth-order valence-electron chi connectivity index (χ4n) is 5.55. The molecule has 0 saturated heterocycles. The van der Waals surface area contributed by atoms with E-state index in [0.29, 0.717) is 32.8 Å². The molecule has 214 valence electrons. The molecule has 0 amide bonds. The molecular weight excluding hydrogens is 560 g/mol. The van der Waals surface area contributed by atoms with Crippen LogP contribution in [0.15, 0.2) is 61.2 Å². The quantitative estimate of drug-likeness (QED) is 0.158. The smallest absolute Gasteiger partial charge is 0.363 e. The third kappa shape index (κ3) is 5.77. The molecule has 0 aliphatic heterocycles. The zero-order chi connectivity index (χ0) is 29.5. The van der Waals surface area contributed by atoms with Gasteiger partial charge in [0.2, 0.25) is 0 Å². The number of hydrogen-bond donors (Lipinski definition) is 0. The van der Waals surface area contributed by atoms with Gasteiger partial charge in [-0.25, -0.2) is 13.2 Å². The van der Waals surface area contributed by atoms with Crippen LogP contribution in [-0.4, -0.2) is 22.9 Å². The van der Waals surface area contributed by atoms with Crippen LogP contribution < -0.4 is 0 Å². The Bertz CT molecular complexity index is 1620. The van der Waals surface area contributed by atoms with Crippen molar-refractivity contribution in [3.05, 3.63) is 100 Å². The maximum Gasteiger partial charge on any atom is 0.454 e. The monoisotopic (exact) mass is 587 g/mol. The van der Waals surface area contributed by atoms with Crippen molar-refractivity contribution in [1.82, 2.24) is 4.90 Å². The van der Waals surface area contributed by atoms with Crippen LogP contribution in [0.2, 0.25) is 0 Å². The van der Waals surface area contributed by atoms with Gasteiger partial charge in [-0.15, -0.1) is 11.3 Å². The molecule has 1 heterocycles. The van der Waals surface area contributed by atoms with Gasteiger partial charge in [0, 0.05) is 34.8 Å². The summed E-state index contributed by atoms with van der Waals surface area (Å²) in [6, 6.07) is 11.7. The lowest BCUT2D eigenvalue weighted by Gasteiger charge is -2.37. The molecule has 4 aromatic rings. The van der Waals surface area contributed by atoms with E-state index in [-0.39, 0.29) is 22.7 Å². The molecule has 0 atom stereocenters. The Labute approximate surface area is 237 Å². The summed E-state index contributed by atoms with van der Waals surface area (Å²) in [5.74, 6) is -3.42. The standard InChI is InChI=1S/C32H27F6NOS/c1-18-28-26(34)14-15-27(35)30(28)41-29(18)19(2)39(24-6-4-3-5-7-24)17-23-16-22(12-13-25(23)33)20-8-10-21(11-9-20)31(40)32(36,37)38/h8-16,24H,2-7,17H2,1H3. The first-order valence-electron chi connectivity index (χ1n) is 13.3. The molecule has 0 spiro atoms. The second-order valence-corrected chi connectivity index (χ2v) is 11.4. The zero-order valence-corrected chi connectivity index (χ0v) is 23.1. The first-order chi connectivity index (χ1) is 19.5. The minimum atomic E-state index is -4.97. The number of aryl methyl sites for hydroxylation is 1. The fourth-order valence-corrected chi connectivity index (χ4v) is 6.77. The number of fused-ring (bicyclic) bond motifs is 1. The number of rotatable bonds is 7. The van der Waals surface area contributed by atoms with Crippen molar-refractivity contribution in [2.24, 2.45) is 0 Å². The van der Waals surface area contributed by atoms with Crippen LogP contribution in [-0.2, 0) is 6.54 Å². The first-order valence-corrected chi connectivity index (χ1v) is 14.1. The summed E-state index contributed by atoms with van der Waals surface area (Å²) in [4.78, 5) is 14.2. The molecule has 1 aliphatic carbocycles. The van der Waals surface area contributed by atoms with Crippen molar-refractivity contribution < 1.29 is 31.1 Å². The van der Waals surface area contributed by atoms with Crippen LogP contribution >= 0.6 is 11.3 Å². The van der Waals surface area contributed by atoms with E-state index in [0.717, 1.165) is 67.7 Å². The Morgan fingerprint density at radius 3 is 2.15 bits per heavy atom. The van der Waals surface area contributed by atoms with Gasteiger partial charge in [-0.2, -0.15) is 13.2 Å². The van der Waals surface area contributed by atoms with E-state index >= 15 is 4.39 Å². The summed E-state index contributed by atoms with van der Waals surface area (Å²) in [5.41, 5.74) is 2.11. The topological polar surface area (TPSA) is 20.3 Å². The molecule has 0 bridgehead atoms. The second-order valence-electron chi connectivity index (χ2n) is 10.4. The Kier molecular flexibility index (Phi) is 8.01. The number of halogens is 6. The SMILES string of the molecule is C=C(c1sc2c(F)ccc(F)c2c1C)N(Cc1cc(-c2ccc(C(=O)C(F)(F)F)cc2)ccc1F)C1CCCCC1.